The van der Waals surface area contributed by atoms with E-state index in [0.717, 1.165) is 30.9 Å². The quantitative estimate of drug-likeness (QED) is 0.609. The molecule has 0 saturated carbocycles. The van der Waals surface area contributed by atoms with Gasteiger partial charge < -0.3 is 20.4 Å². The van der Waals surface area contributed by atoms with Crippen molar-refractivity contribution < 1.29 is 4.92 Å². The van der Waals surface area contributed by atoms with Crippen LogP contribution in [0.4, 0.5) is 5.82 Å². The topological polar surface area (TPSA) is 87.0 Å². The van der Waals surface area contributed by atoms with Crippen molar-refractivity contribution in [3.05, 3.63) is 21.6 Å². The molecule has 0 fully saturated rings. The van der Waals surface area contributed by atoms with E-state index >= 15 is 0 Å². The molecule has 1 aromatic heterocycles. The number of hydrogen-bond donors (Lipinski definition) is 1. The molecule has 1 aliphatic rings. The number of imidazole rings is 1. The second kappa shape index (κ2) is 4.21. The summed E-state index contributed by atoms with van der Waals surface area (Å²) in [6.07, 6.45) is 2.36. The number of nitro groups is 1. The van der Waals surface area contributed by atoms with Gasteiger partial charge in [-0.2, -0.15) is 0 Å². The van der Waals surface area contributed by atoms with E-state index in [1.165, 1.54) is 0 Å². The molecule has 2 rings (SSSR count). The van der Waals surface area contributed by atoms with Crippen molar-refractivity contribution in [2.24, 2.45) is 11.7 Å². The lowest BCUT2D eigenvalue weighted by Crippen LogP contribution is -2.27. The first-order valence-corrected chi connectivity index (χ1v) is 5.60. The van der Waals surface area contributed by atoms with E-state index in [-0.39, 0.29) is 10.7 Å². The minimum absolute atomic E-state index is 0.0346. The van der Waals surface area contributed by atoms with Crippen LogP contribution in [0.1, 0.15) is 24.9 Å². The monoisotopic (exact) mass is 224 g/mol. The molecule has 88 valence electrons. The van der Waals surface area contributed by atoms with Crippen LogP contribution in [0.15, 0.2) is 0 Å². The number of aryl methyl sites for hydroxylation is 1. The van der Waals surface area contributed by atoms with E-state index in [2.05, 4.69) is 4.98 Å². The van der Waals surface area contributed by atoms with Crippen LogP contribution in [0.3, 0.4) is 0 Å². The van der Waals surface area contributed by atoms with Crippen molar-refractivity contribution in [3.63, 3.8) is 0 Å². The zero-order chi connectivity index (χ0) is 11.7. The summed E-state index contributed by atoms with van der Waals surface area (Å²) < 4.78 is 1.99. The largest absolute Gasteiger partial charge is 0.385 e. The van der Waals surface area contributed by atoms with Gasteiger partial charge in [-0.15, -0.1) is 0 Å². The summed E-state index contributed by atoms with van der Waals surface area (Å²) in [4.78, 5) is 14.6. The van der Waals surface area contributed by atoms with Crippen LogP contribution in [-0.2, 0) is 19.4 Å². The zero-order valence-corrected chi connectivity index (χ0v) is 9.35. The van der Waals surface area contributed by atoms with Gasteiger partial charge in [0.15, 0.2) is 0 Å². The second-order valence-corrected chi connectivity index (χ2v) is 4.16. The molecular weight excluding hydrogens is 208 g/mol. The van der Waals surface area contributed by atoms with E-state index in [1.807, 2.05) is 11.5 Å². The van der Waals surface area contributed by atoms with Crippen molar-refractivity contribution in [2.75, 3.05) is 6.54 Å². The number of fused-ring (bicyclic) bond motifs is 1. The van der Waals surface area contributed by atoms with Crippen LogP contribution in [0.25, 0.3) is 0 Å². The minimum Gasteiger partial charge on any atom is -0.358 e. The van der Waals surface area contributed by atoms with Crippen molar-refractivity contribution in [2.45, 2.75) is 32.7 Å². The maximum absolute atomic E-state index is 10.9. The van der Waals surface area contributed by atoms with E-state index in [4.69, 9.17) is 5.73 Å². The Kier molecular flexibility index (Phi) is 2.91. The normalized spacial score (nSPS) is 19.5. The van der Waals surface area contributed by atoms with Gasteiger partial charge in [0.2, 0.25) is 5.82 Å². The standard InChI is InChI=1S/C10H16N4O2/c1-2-9-12-10(14(15)16)8-4-3-7(5-11)6-13(8)9/h7H,2-6,11H2,1H3. The summed E-state index contributed by atoms with van der Waals surface area (Å²) in [5.74, 6) is 1.26. The van der Waals surface area contributed by atoms with Crippen molar-refractivity contribution >= 4 is 5.82 Å². The molecule has 0 amide bonds. The maximum Gasteiger partial charge on any atom is 0.385 e. The fourth-order valence-electron chi connectivity index (χ4n) is 2.28. The maximum atomic E-state index is 10.9. The fourth-order valence-corrected chi connectivity index (χ4v) is 2.28. The molecule has 6 heteroatoms. The summed E-state index contributed by atoms with van der Waals surface area (Å²) >= 11 is 0. The van der Waals surface area contributed by atoms with Gasteiger partial charge in [0.05, 0.1) is 0 Å². The Morgan fingerprint density at radius 2 is 2.44 bits per heavy atom. The van der Waals surface area contributed by atoms with Crippen LogP contribution in [-0.4, -0.2) is 21.0 Å². The second-order valence-electron chi connectivity index (χ2n) is 4.16. The third kappa shape index (κ3) is 1.69. The average molecular weight is 224 g/mol. The Bertz CT molecular complexity index is 413. The van der Waals surface area contributed by atoms with E-state index in [0.29, 0.717) is 18.9 Å². The Hall–Kier alpha value is -1.43. The van der Waals surface area contributed by atoms with Gasteiger partial charge in [-0.1, -0.05) is 6.92 Å². The molecule has 1 aromatic rings. The van der Waals surface area contributed by atoms with E-state index in [9.17, 15) is 10.1 Å². The first kappa shape index (κ1) is 11.1. The van der Waals surface area contributed by atoms with Crippen LogP contribution >= 0.6 is 0 Å². The third-order valence-corrected chi connectivity index (χ3v) is 3.18. The molecule has 0 spiro atoms. The lowest BCUT2D eigenvalue weighted by molar-refractivity contribution is -0.390. The van der Waals surface area contributed by atoms with Crippen molar-refractivity contribution in [1.29, 1.82) is 0 Å². The Morgan fingerprint density at radius 1 is 1.69 bits per heavy atom. The molecule has 2 N–H and O–H groups in total. The lowest BCUT2D eigenvalue weighted by Gasteiger charge is -2.22. The first-order valence-electron chi connectivity index (χ1n) is 5.60. The van der Waals surface area contributed by atoms with Gasteiger partial charge in [-0.25, -0.2) is 0 Å². The molecule has 2 heterocycles. The number of aromatic nitrogens is 2. The van der Waals surface area contributed by atoms with Crippen LogP contribution < -0.4 is 5.73 Å². The summed E-state index contributed by atoms with van der Waals surface area (Å²) in [6.45, 7) is 3.37. The molecule has 1 aliphatic heterocycles. The lowest BCUT2D eigenvalue weighted by atomic mass is 9.98. The number of nitrogens with zero attached hydrogens (tertiary/aromatic N) is 3. The highest BCUT2D eigenvalue weighted by atomic mass is 16.6. The summed E-state index contributed by atoms with van der Waals surface area (Å²) in [6, 6.07) is 0. The smallest absolute Gasteiger partial charge is 0.358 e. The highest BCUT2D eigenvalue weighted by Gasteiger charge is 2.30. The molecule has 0 radical (unpaired) electrons. The molecule has 0 aromatic carbocycles. The predicted molar refractivity (Wildman–Crippen MR) is 59.1 cm³/mol. The van der Waals surface area contributed by atoms with Crippen molar-refractivity contribution in [3.8, 4) is 0 Å². The molecule has 1 unspecified atom stereocenters. The van der Waals surface area contributed by atoms with Gasteiger partial charge in [-0.05, 0) is 35.2 Å². The third-order valence-electron chi connectivity index (χ3n) is 3.18. The SMILES string of the molecule is CCc1nc([N+](=O)[O-])c2n1CC(CN)CC2. The molecule has 6 nitrogen and oxygen atoms in total. The summed E-state index contributed by atoms with van der Waals surface area (Å²) in [7, 11) is 0. The number of hydrogen-bond acceptors (Lipinski definition) is 4. The predicted octanol–water partition coefficient (Wildman–Crippen LogP) is 0.875. The van der Waals surface area contributed by atoms with E-state index in [1.54, 1.807) is 0 Å². The van der Waals surface area contributed by atoms with Gasteiger partial charge in [0.1, 0.15) is 5.69 Å². The molecule has 0 bridgehead atoms. The van der Waals surface area contributed by atoms with Gasteiger partial charge in [-0.3, -0.25) is 0 Å². The number of nitrogens with two attached hydrogens (primary N) is 1. The molecule has 16 heavy (non-hydrogen) atoms. The summed E-state index contributed by atoms with van der Waals surface area (Å²) in [5.41, 5.74) is 6.42. The molecule has 0 saturated heterocycles. The molecule has 0 aliphatic carbocycles. The Labute approximate surface area is 93.6 Å². The highest BCUT2D eigenvalue weighted by Crippen LogP contribution is 2.28. The van der Waals surface area contributed by atoms with E-state index < -0.39 is 0 Å². The highest BCUT2D eigenvalue weighted by molar-refractivity contribution is 5.31. The average Bonchev–Trinajstić information content (AvgIpc) is 2.66. The fraction of sp³-hybridized carbons (Fsp3) is 0.700. The minimum atomic E-state index is -0.381. The van der Waals surface area contributed by atoms with Crippen LogP contribution in [0.2, 0.25) is 0 Å². The number of rotatable bonds is 3. The van der Waals surface area contributed by atoms with Gasteiger partial charge in [0, 0.05) is 13.0 Å². The van der Waals surface area contributed by atoms with Crippen LogP contribution in [0, 0.1) is 16.0 Å². The van der Waals surface area contributed by atoms with Gasteiger partial charge in [0.25, 0.3) is 0 Å². The molecular formula is C10H16N4O2. The first-order chi connectivity index (χ1) is 7.67. The summed E-state index contributed by atoms with van der Waals surface area (Å²) in [5, 5.41) is 10.9. The Morgan fingerprint density at radius 3 is 3.00 bits per heavy atom. The van der Waals surface area contributed by atoms with Gasteiger partial charge >= 0.3 is 5.82 Å². The zero-order valence-electron chi connectivity index (χ0n) is 9.35. The van der Waals surface area contributed by atoms with Crippen LogP contribution in [0.5, 0.6) is 0 Å². The van der Waals surface area contributed by atoms with Crippen molar-refractivity contribution in [1.82, 2.24) is 9.55 Å². The Balaban J connectivity index is 2.42. The molecule has 1 atom stereocenters.